The molecule has 20 heavy (non-hydrogen) atoms. The van der Waals surface area contributed by atoms with Crippen LogP contribution in [0.3, 0.4) is 0 Å². The quantitative estimate of drug-likeness (QED) is 0.906. The minimum atomic E-state index is -1.08. The topological polar surface area (TPSA) is 72.3 Å². The van der Waals surface area contributed by atoms with Crippen LogP contribution in [0.25, 0.3) is 11.3 Å². The largest absolute Gasteiger partial charge is 0.476 e. The second kappa shape index (κ2) is 6.25. The molecule has 0 saturated carbocycles. The van der Waals surface area contributed by atoms with Crippen LogP contribution in [0.15, 0.2) is 36.4 Å². The Labute approximate surface area is 117 Å². The lowest BCUT2D eigenvalue weighted by atomic mass is 10.1. The third kappa shape index (κ3) is 3.19. The van der Waals surface area contributed by atoms with E-state index in [1.165, 1.54) is 6.07 Å². The zero-order valence-corrected chi connectivity index (χ0v) is 11.4. The van der Waals surface area contributed by atoms with Crippen molar-refractivity contribution in [2.45, 2.75) is 20.0 Å². The highest BCUT2D eigenvalue weighted by molar-refractivity contribution is 5.85. The molecule has 1 atom stereocenters. The predicted octanol–water partition coefficient (Wildman–Crippen LogP) is 2.94. The Kier molecular flexibility index (Phi) is 4.42. The highest BCUT2D eigenvalue weighted by Gasteiger charge is 2.08. The summed E-state index contributed by atoms with van der Waals surface area (Å²) in [6.45, 7) is 4.63. The summed E-state index contributed by atoms with van der Waals surface area (Å²) in [7, 11) is 0. The highest BCUT2D eigenvalue weighted by Crippen LogP contribution is 2.21. The van der Waals surface area contributed by atoms with Crippen LogP contribution in [0, 0.1) is 0 Å². The van der Waals surface area contributed by atoms with Gasteiger partial charge in [0.15, 0.2) is 5.69 Å². The van der Waals surface area contributed by atoms with Crippen LogP contribution in [0.2, 0.25) is 0 Å². The van der Waals surface area contributed by atoms with E-state index in [4.69, 9.17) is 9.84 Å². The van der Waals surface area contributed by atoms with Crippen LogP contribution in [0.4, 0.5) is 0 Å². The number of aromatic carboxylic acids is 1. The van der Waals surface area contributed by atoms with Gasteiger partial charge in [-0.05, 0) is 31.5 Å². The first-order valence-electron chi connectivity index (χ1n) is 6.40. The summed E-state index contributed by atoms with van der Waals surface area (Å²) in [6, 6.07) is 10.9. The Morgan fingerprint density at radius 1 is 1.20 bits per heavy atom. The monoisotopic (exact) mass is 272 g/mol. The Morgan fingerprint density at radius 3 is 2.40 bits per heavy atom. The normalized spacial score (nSPS) is 12.1. The molecule has 0 saturated heterocycles. The molecule has 0 radical (unpaired) electrons. The van der Waals surface area contributed by atoms with Gasteiger partial charge in [0, 0.05) is 12.2 Å². The van der Waals surface area contributed by atoms with Crippen molar-refractivity contribution >= 4 is 5.97 Å². The molecule has 1 unspecified atom stereocenters. The number of ether oxygens (including phenoxy) is 1. The van der Waals surface area contributed by atoms with Gasteiger partial charge in [0.1, 0.15) is 0 Å². The second-order valence-corrected chi connectivity index (χ2v) is 4.33. The van der Waals surface area contributed by atoms with E-state index in [1.54, 1.807) is 6.07 Å². The summed E-state index contributed by atoms with van der Waals surface area (Å²) in [5.41, 5.74) is 2.56. The van der Waals surface area contributed by atoms with E-state index in [0.29, 0.717) is 12.3 Å². The van der Waals surface area contributed by atoms with Crippen LogP contribution < -0.4 is 0 Å². The average molecular weight is 272 g/mol. The fourth-order valence-electron chi connectivity index (χ4n) is 1.87. The van der Waals surface area contributed by atoms with Gasteiger partial charge >= 0.3 is 5.97 Å². The van der Waals surface area contributed by atoms with Crippen molar-refractivity contribution in [3.8, 4) is 11.3 Å². The number of carboxylic acids is 1. The molecule has 0 spiro atoms. The minimum Gasteiger partial charge on any atom is -0.476 e. The maximum atomic E-state index is 10.7. The highest BCUT2D eigenvalue weighted by atomic mass is 16.5. The molecule has 104 valence electrons. The lowest BCUT2D eigenvalue weighted by Gasteiger charge is -2.12. The number of carboxylic acid groups (broad SMARTS) is 1. The van der Waals surface area contributed by atoms with Gasteiger partial charge in [-0.1, -0.05) is 24.3 Å². The number of benzene rings is 1. The standard InChI is InChI=1S/C15H16N2O3/c1-3-20-10(2)11-4-6-12(7-5-11)13-8-9-14(15(18)19)17-16-13/h4-10H,3H2,1-2H3,(H,18,19). The summed E-state index contributed by atoms with van der Waals surface area (Å²) < 4.78 is 5.52. The van der Waals surface area contributed by atoms with E-state index >= 15 is 0 Å². The average Bonchev–Trinajstić information content (AvgIpc) is 2.48. The molecule has 2 rings (SSSR count). The van der Waals surface area contributed by atoms with Gasteiger partial charge in [0.25, 0.3) is 0 Å². The molecule has 1 heterocycles. The molecule has 0 amide bonds. The second-order valence-electron chi connectivity index (χ2n) is 4.33. The Bertz CT molecular complexity index is 579. The van der Waals surface area contributed by atoms with Crippen LogP contribution in [-0.2, 0) is 4.74 Å². The van der Waals surface area contributed by atoms with Gasteiger partial charge in [-0.25, -0.2) is 4.79 Å². The van der Waals surface area contributed by atoms with Crippen molar-refractivity contribution in [1.82, 2.24) is 10.2 Å². The lowest BCUT2D eigenvalue weighted by molar-refractivity contribution is 0.0689. The van der Waals surface area contributed by atoms with Crippen LogP contribution >= 0.6 is 0 Å². The number of hydrogen-bond acceptors (Lipinski definition) is 4. The third-order valence-electron chi connectivity index (χ3n) is 2.98. The van der Waals surface area contributed by atoms with Gasteiger partial charge in [0.2, 0.25) is 0 Å². The predicted molar refractivity (Wildman–Crippen MR) is 74.5 cm³/mol. The number of rotatable bonds is 5. The molecular weight excluding hydrogens is 256 g/mol. The first-order valence-corrected chi connectivity index (χ1v) is 6.40. The minimum absolute atomic E-state index is 0.0505. The van der Waals surface area contributed by atoms with Gasteiger partial charge in [-0.3, -0.25) is 0 Å². The lowest BCUT2D eigenvalue weighted by Crippen LogP contribution is -2.02. The van der Waals surface area contributed by atoms with E-state index in [9.17, 15) is 4.79 Å². The Balaban J connectivity index is 2.19. The molecular formula is C15H16N2O3. The van der Waals surface area contributed by atoms with Crippen molar-refractivity contribution in [2.75, 3.05) is 6.61 Å². The molecule has 0 aliphatic carbocycles. The first kappa shape index (κ1) is 14.1. The SMILES string of the molecule is CCOC(C)c1ccc(-c2ccc(C(=O)O)nn2)cc1. The molecule has 2 aromatic rings. The van der Waals surface area contributed by atoms with Gasteiger partial charge < -0.3 is 9.84 Å². The molecule has 1 aromatic carbocycles. The third-order valence-corrected chi connectivity index (χ3v) is 2.98. The Hall–Kier alpha value is -2.27. The van der Waals surface area contributed by atoms with Gasteiger partial charge in [-0.2, -0.15) is 0 Å². The first-order chi connectivity index (χ1) is 9.61. The molecule has 5 heteroatoms. The van der Waals surface area contributed by atoms with Crippen molar-refractivity contribution in [3.05, 3.63) is 47.7 Å². The molecule has 1 N–H and O–H groups in total. The van der Waals surface area contributed by atoms with Crippen LogP contribution in [0.1, 0.15) is 36.0 Å². The maximum absolute atomic E-state index is 10.7. The fourth-order valence-corrected chi connectivity index (χ4v) is 1.87. The number of nitrogens with zero attached hydrogens (tertiary/aromatic N) is 2. The summed E-state index contributed by atoms with van der Waals surface area (Å²) in [5, 5.41) is 16.4. The fraction of sp³-hybridized carbons (Fsp3) is 0.267. The Morgan fingerprint density at radius 2 is 1.90 bits per heavy atom. The molecule has 1 aromatic heterocycles. The van der Waals surface area contributed by atoms with Crippen molar-refractivity contribution < 1.29 is 14.6 Å². The summed E-state index contributed by atoms with van der Waals surface area (Å²) in [4.78, 5) is 10.7. The van der Waals surface area contributed by atoms with E-state index in [0.717, 1.165) is 11.1 Å². The van der Waals surface area contributed by atoms with Gasteiger partial charge in [-0.15, -0.1) is 10.2 Å². The van der Waals surface area contributed by atoms with E-state index < -0.39 is 5.97 Å². The molecule has 0 aliphatic heterocycles. The van der Waals surface area contributed by atoms with Crippen LogP contribution in [0.5, 0.6) is 0 Å². The van der Waals surface area contributed by atoms with Crippen LogP contribution in [-0.4, -0.2) is 27.9 Å². The van der Waals surface area contributed by atoms with E-state index in [2.05, 4.69) is 10.2 Å². The molecule has 5 nitrogen and oxygen atoms in total. The number of carbonyl (C=O) groups is 1. The summed E-state index contributed by atoms with van der Waals surface area (Å²) in [5.74, 6) is -1.08. The summed E-state index contributed by atoms with van der Waals surface area (Å²) in [6.07, 6.45) is 0.0505. The molecule has 0 aliphatic rings. The smallest absolute Gasteiger partial charge is 0.356 e. The zero-order chi connectivity index (χ0) is 14.5. The number of aromatic nitrogens is 2. The molecule has 0 bridgehead atoms. The molecule has 0 fully saturated rings. The summed E-state index contributed by atoms with van der Waals surface area (Å²) >= 11 is 0. The number of hydrogen-bond donors (Lipinski definition) is 1. The van der Waals surface area contributed by atoms with E-state index in [-0.39, 0.29) is 11.8 Å². The maximum Gasteiger partial charge on any atom is 0.356 e. The van der Waals surface area contributed by atoms with Crippen molar-refractivity contribution in [1.29, 1.82) is 0 Å². The zero-order valence-electron chi connectivity index (χ0n) is 11.4. The van der Waals surface area contributed by atoms with Crippen molar-refractivity contribution in [3.63, 3.8) is 0 Å². The van der Waals surface area contributed by atoms with Crippen molar-refractivity contribution in [2.24, 2.45) is 0 Å². The van der Waals surface area contributed by atoms with E-state index in [1.807, 2.05) is 38.1 Å². The van der Waals surface area contributed by atoms with Gasteiger partial charge in [0.05, 0.1) is 11.8 Å².